The summed E-state index contributed by atoms with van der Waals surface area (Å²) in [4.78, 5) is 0. The molecule has 0 saturated heterocycles. The minimum absolute atomic E-state index is 0.324. The molecule has 0 radical (unpaired) electrons. The van der Waals surface area contributed by atoms with Gasteiger partial charge in [-0.1, -0.05) is 69.7 Å². The summed E-state index contributed by atoms with van der Waals surface area (Å²) in [5, 5.41) is 11.6. The number of unbranched alkanes of at least 4 members (excludes halogenated alkanes) is 1. The molecule has 0 aliphatic carbocycles. The van der Waals surface area contributed by atoms with E-state index in [2.05, 4.69) is 44.0 Å². The molecule has 3 nitrogen and oxygen atoms in total. The topological polar surface area (TPSA) is 38.7 Å². The summed E-state index contributed by atoms with van der Waals surface area (Å²) in [5.74, 6) is 2.33. The highest BCUT2D eigenvalue weighted by atomic mass is 79.9. The standard InChI is InChI=1S/C24H40Br2O3/c1-28-24-13-11-23(12-14-24)20-29-19-5-8-21(7-4-17-26)9-10-22(15-18-27)6-2-3-16-25/h11-14,21-22,27H,2-10,15-20H2,1H3/t21-,22?/m1/s1. The lowest BCUT2D eigenvalue weighted by Crippen LogP contribution is -2.09. The molecule has 168 valence electrons. The van der Waals surface area contributed by atoms with Gasteiger partial charge in [-0.25, -0.2) is 0 Å². The first-order chi connectivity index (χ1) is 14.2. The Balaban J connectivity index is 2.29. The van der Waals surface area contributed by atoms with Crippen LogP contribution in [0.4, 0.5) is 0 Å². The molecule has 2 atom stereocenters. The van der Waals surface area contributed by atoms with Crippen LogP contribution in [0, 0.1) is 11.8 Å². The van der Waals surface area contributed by atoms with Gasteiger partial charge in [0.1, 0.15) is 5.75 Å². The van der Waals surface area contributed by atoms with E-state index in [0.29, 0.717) is 19.1 Å². The average Bonchev–Trinajstić information content (AvgIpc) is 2.75. The SMILES string of the molecule is COc1ccc(COCCC[C@@H](CCCBr)CCC(CCO)CCCCBr)cc1. The summed E-state index contributed by atoms with van der Waals surface area (Å²) in [6.07, 6.45) is 12.1. The number of methoxy groups -OCH3 is 1. The van der Waals surface area contributed by atoms with Gasteiger partial charge >= 0.3 is 0 Å². The van der Waals surface area contributed by atoms with Crippen LogP contribution in [0.15, 0.2) is 24.3 Å². The van der Waals surface area contributed by atoms with E-state index >= 15 is 0 Å². The van der Waals surface area contributed by atoms with Crippen molar-refractivity contribution >= 4 is 31.9 Å². The molecule has 1 aromatic carbocycles. The Morgan fingerprint density at radius 2 is 1.41 bits per heavy atom. The van der Waals surface area contributed by atoms with Crippen molar-refractivity contribution in [2.24, 2.45) is 11.8 Å². The Bertz CT molecular complexity index is 482. The summed E-state index contributed by atoms with van der Waals surface area (Å²) in [7, 11) is 1.69. The van der Waals surface area contributed by atoms with E-state index < -0.39 is 0 Å². The summed E-state index contributed by atoms with van der Waals surface area (Å²) in [6.45, 7) is 1.81. The number of benzene rings is 1. The Morgan fingerprint density at radius 1 is 0.793 bits per heavy atom. The maximum absolute atomic E-state index is 9.38. The Morgan fingerprint density at radius 3 is 2.03 bits per heavy atom. The lowest BCUT2D eigenvalue weighted by molar-refractivity contribution is 0.112. The van der Waals surface area contributed by atoms with Gasteiger partial charge in [-0.15, -0.1) is 0 Å². The fraction of sp³-hybridized carbons (Fsp3) is 0.750. The highest BCUT2D eigenvalue weighted by Crippen LogP contribution is 2.26. The van der Waals surface area contributed by atoms with Gasteiger partial charge in [0.2, 0.25) is 0 Å². The van der Waals surface area contributed by atoms with Crippen LogP contribution in [-0.2, 0) is 11.3 Å². The van der Waals surface area contributed by atoms with Crippen molar-refractivity contribution in [3.05, 3.63) is 29.8 Å². The van der Waals surface area contributed by atoms with Crippen molar-refractivity contribution < 1.29 is 14.6 Å². The number of halogens is 2. The van der Waals surface area contributed by atoms with Crippen molar-refractivity contribution in [3.63, 3.8) is 0 Å². The minimum atomic E-state index is 0.324. The van der Waals surface area contributed by atoms with Crippen LogP contribution >= 0.6 is 31.9 Å². The van der Waals surface area contributed by atoms with Crippen molar-refractivity contribution in [1.29, 1.82) is 0 Å². The molecule has 0 aliphatic rings. The largest absolute Gasteiger partial charge is 0.497 e. The van der Waals surface area contributed by atoms with Crippen LogP contribution in [-0.4, -0.2) is 36.1 Å². The maximum Gasteiger partial charge on any atom is 0.118 e. The van der Waals surface area contributed by atoms with Gasteiger partial charge in [0.05, 0.1) is 13.7 Å². The molecular formula is C24H40Br2O3. The third-order valence-electron chi connectivity index (χ3n) is 5.59. The number of alkyl halides is 2. The molecule has 0 amide bonds. The van der Waals surface area contributed by atoms with E-state index in [-0.39, 0.29) is 0 Å². The lowest BCUT2D eigenvalue weighted by atomic mass is 9.86. The van der Waals surface area contributed by atoms with Crippen molar-refractivity contribution in [2.75, 3.05) is 31.0 Å². The van der Waals surface area contributed by atoms with Gasteiger partial charge in [0.25, 0.3) is 0 Å². The van der Waals surface area contributed by atoms with E-state index in [1.807, 2.05) is 12.1 Å². The van der Waals surface area contributed by atoms with Gasteiger partial charge in [-0.3, -0.25) is 0 Å². The van der Waals surface area contributed by atoms with Crippen molar-refractivity contribution in [3.8, 4) is 5.75 Å². The molecule has 1 aromatic rings. The molecule has 0 heterocycles. The first-order valence-electron chi connectivity index (χ1n) is 11.2. The van der Waals surface area contributed by atoms with E-state index in [1.54, 1.807) is 7.11 Å². The molecule has 1 N–H and O–H groups in total. The van der Waals surface area contributed by atoms with Crippen molar-refractivity contribution in [1.82, 2.24) is 0 Å². The van der Waals surface area contributed by atoms with E-state index in [9.17, 15) is 5.11 Å². The number of ether oxygens (including phenoxy) is 2. The zero-order chi connectivity index (χ0) is 21.2. The molecule has 1 unspecified atom stereocenters. The summed E-state index contributed by atoms with van der Waals surface area (Å²) >= 11 is 7.10. The predicted octanol–water partition coefficient (Wildman–Crippen LogP) is 7.13. The van der Waals surface area contributed by atoms with Crippen LogP contribution in [0.5, 0.6) is 5.75 Å². The second-order valence-electron chi connectivity index (χ2n) is 7.88. The summed E-state index contributed by atoms with van der Waals surface area (Å²) in [5.41, 5.74) is 1.19. The molecule has 29 heavy (non-hydrogen) atoms. The monoisotopic (exact) mass is 534 g/mol. The predicted molar refractivity (Wildman–Crippen MR) is 130 cm³/mol. The molecule has 0 saturated carbocycles. The fourth-order valence-corrected chi connectivity index (χ4v) is 4.52. The third kappa shape index (κ3) is 13.7. The highest BCUT2D eigenvalue weighted by molar-refractivity contribution is 9.09. The number of hydrogen-bond acceptors (Lipinski definition) is 3. The normalized spacial score (nSPS) is 13.4. The van der Waals surface area contributed by atoms with Gasteiger partial charge < -0.3 is 14.6 Å². The third-order valence-corrected chi connectivity index (χ3v) is 6.71. The van der Waals surface area contributed by atoms with E-state index in [1.165, 1.54) is 56.9 Å². The van der Waals surface area contributed by atoms with Crippen LogP contribution in [0.3, 0.4) is 0 Å². The number of hydrogen-bond donors (Lipinski definition) is 1. The molecule has 0 fully saturated rings. The molecule has 1 rings (SSSR count). The van der Waals surface area contributed by atoms with Crippen molar-refractivity contribution in [2.45, 2.75) is 70.8 Å². The van der Waals surface area contributed by atoms with Crippen LogP contribution in [0.1, 0.15) is 69.8 Å². The zero-order valence-corrected chi connectivity index (χ0v) is 21.3. The molecular weight excluding hydrogens is 496 g/mol. The first kappa shape index (κ1) is 26.9. The summed E-state index contributed by atoms with van der Waals surface area (Å²) in [6, 6.07) is 8.09. The van der Waals surface area contributed by atoms with Gasteiger partial charge in [0.15, 0.2) is 0 Å². The number of aliphatic hydroxyl groups is 1. The molecule has 0 bridgehead atoms. The minimum Gasteiger partial charge on any atom is -0.497 e. The number of aliphatic hydroxyl groups excluding tert-OH is 1. The maximum atomic E-state index is 9.38. The second kappa shape index (κ2) is 18.7. The van der Waals surface area contributed by atoms with Crippen LogP contribution < -0.4 is 4.74 Å². The second-order valence-corrected chi connectivity index (χ2v) is 9.47. The highest BCUT2D eigenvalue weighted by Gasteiger charge is 2.14. The van der Waals surface area contributed by atoms with Gasteiger partial charge in [-0.2, -0.15) is 0 Å². The zero-order valence-electron chi connectivity index (χ0n) is 18.1. The van der Waals surface area contributed by atoms with Crippen LogP contribution in [0.25, 0.3) is 0 Å². The lowest BCUT2D eigenvalue weighted by Gasteiger charge is -2.21. The van der Waals surface area contributed by atoms with E-state index in [4.69, 9.17) is 9.47 Å². The van der Waals surface area contributed by atoms with E-state index in [0.717, 1.165) is 41.8 Å². The summed E-state index contributed by atoms with van der Waals surface area (Å²) < 4.78 is 11.1. The average molecular weight is 536 g/mol. The molecule has 0 spiro atoms. The smallest absolute Gasteiger partial charge is 0.118 e. The first-order valence-corrected chi connectivity index (χ1v) is 13.4. The molecule has 0 aliphatic heterocycles. The fourth-order valence-electron chi connectivity index (χ4n) is 3.80. The number of rotatable bonds is 19. The quantitative estimate of drug-likeness (QED) is 0.151. The Labute approximate surface area is 195 Å². The Kier molecular flexibility index (Phi) is 17.3. The van der Waals surface area contributed by atoms with Gasteiger partial charge in [0, 0.05) is 23.9 Å². The Hall–Kier alpha value is -0.100. The van der Waals surface area contributed by atoms with Crippen LogP contribution in [0.2, 0.25) is 0 Å². The molecule has 5 heteroatoms. The molecule has 0 aromatic heterocycles. The van der Waals surface area contributed by atoms with Gasteiger partial charge in [-0.05, 0) is 68.1 Å².